The molecule has 2 saturated heterocycles. The molecule has 7 heteroatoms. The molecule has 2 aromatic rings. The van der Waals surface area contributed by atoms with E-state index in [-0.39, 0.29) is 41.2 Å². The number of rotatable bonds is 2. The van der Waals surface area contributed by atoms with Crippen LogP contribution >= 0.6 is 0 Å². The number of imidazole rings is 1. The molecule has 1 N–H and O–H groups in total. The zero-order chi connectivity index (χ0) is 22.7. The van der Waals surface area contributed by atoms with Crippen molar-refractivity contribution in [3.05, 3.63) is 42.4 Å². The standard InChI is InChI=1S/C26H32N4O3/c1-17(31)28-10-6-18(7-11-28)25(33)29-12-8-26(9-13-29)14-21(24(26)32)23-20-5-3-2-4-19(20)22-15-27-16-30(22)23/h2-5,15-16,18,21,23-24,32H,6-14H2,1H3. The maximum absolute atomic E-state index is 13.1. The van der Waals surface area contributed by atoms with E-state index in [2.05, 4.69) is 33.8 Å². The van der Waals surface area contributed by atoms with E-state index >= 15 is 0 Å². The second-order valence-corrected chi connectivity index (χ2v) is 10.5. The van der Waals surface area contributed by atoms with E-state index in [4.69, 9.17) is 0 Å². The van der Waals surface area contributed by atoms with Crippen molar-refractivity contribution < 1.29 is 14.7 Å². The zero-order valence-corrected chi connectivity index (χ0v) is 19.2. The van der Waals surface area contributed by atoms with Crippen molar-refractivity contribution in [2.24, 2.45) is 17.3 Å². The van der Waals surface area contributed by atoms with Crippen LogP contribution in [-0.4, -0.2) is 68.6 Å². The van der Waals surface area contributed by atoms with Crippen LogP contribution in [0.25, 0.3) is 11.3 Å². The molecule has 3 unspecified atom stereocenters. The summed E-state index contributed by atoms with van der Waals surface area (Å²) in [5.74, 6) is 0.552. The smallest absolute Gasteiger partial charge is 0.225 e. The number of aromatic nitrogens is 2. The molecule has 0 radical (unpaired) electrons. The highest BCUT2D eigenvalue weighted by Crippen LogP contribution is 2.59. The number of hydrogen-bond acceptors (Lipinski definition) is 4. The molecule has 33 heavy (non-hydrogen) atoms. The Morgan fingerprint density at radius 3 is 2.48 bits per heavy atom. The van der Waals surface area contributed by atoms with Crippen LogP contribution in [0.3, 0.4) is 0 Å². The van der Waals surface area contributed by atoms with Gasteiger partial charge in [-0.2, -0.15) is 0 Å². The van der Waals surface area contributed by atoms with Gasteiger partial charge in [-0.3, -0.25) is 9.59 Å². The molecule has 174 valence electrons. The fraction of sp³-hybridized carbons (Fsp3) is 0.577. The summed E-state index contributed by atoms with van der Waals surface area (Å²) in [6.45, 7) is 4.42. The Balaban J connectivity index is 1.10. The summed E-state index contributed by atoms with van der Waals surface area (Å²) in [6.07, 6.45) is 7.71. The lowest BCUT2D eigenvalue weighted by Crippen LogP contribution is -2.60. The highest BCUT2D eigenvalue weighted by atomic mass is 16.3. The molecule has 1 aromatic heterocycles. The fourth-order valence-corrected chi connectivity index (χ4v) is 6.96. The highest BCUT2D eigenvalue weighted by Gasteiger charge is 2.58. The van der Waals surface area contributed by atoms with Gasteiger partial charge >= 0.3 is 0 Å². The summed E-state index contributed by atoms with van der Waals surface area (Å²) < 4.78 is 2.23. The van der Waals surface area contributed by atoms with Gasteiger partial charge in [0.25, 0.3) is 0 Å². The molecule has 3 aliphatic heterocycles. The Morgan fingerprint density at radius 2 is 1.79 bits per heavy atom. The SMILES string of the molecule is CC(=O)N1CCC(C(=O)N2CCC3(CC2)CC(C2c4ccccc4-c4cncn42)C3O)CC1. The maximum Gasteiger partial charge on any atom is 0.225 e. The molecule has 1 spiro atoms. The minimum atomic E-state index is -0.361. The number of aliphatic hydroxyl groups excluding tert-OH is 1. The first kappa shape index (κ1) is 20.9. The number of benzene rings is 1. The van der Waals surface area contributed by atoms with E-state index in [1.807, 2.05) is 22.3 Å². The van der Waals surface area contributed by atoms with Gasteiger partial charge in [-0.25, -0.2) is 4.98 Å². The molecular formula is C26H32N4O3. The molecule has 3 fully saturated rings. The van der Waals surface area contributed by atoms with Gasteiger partial charge in [0.1, 0.15) is 0 Å². The average Bonchev–Trinajstić information content (AvgIpc) is 3.44. The number of fused-ring (bicyclic) bond motifs is 3. The summed E-state index contributed by atoms with van der Waals surface area (Å²) in [5, 5.41) is 11.4. The van der Waals surface area contributed by atoms with Gasteiger partial charge in [-0.05, 0) is 37.7 Å². The van der Waals surface area contributed by atoms with E-state index in [0.29, 0.717) is 13.1 Å². The van der Waals surface area contributed by atoms with Crippen molar-refractivity contribution in [3.8, 4) is 11.3 Å². The third-order valence-electron chi connectivity index (χ3n) is 8.96. The van der Waals surface area contributed by atoms with E-state index in [0.717, 1.165) is 50.9 Å². The third-order valence-corrected chi connectivity index (χ3v) is 8.96. The van der Waals surface area contributed by atoms with Crippen LogP contribution in [0.5, 0.6) is 0 Å². The largest absolute Gasteiger partial charge is 0.392 e. The van der Waals surface area contributed by atoms with Gasteiger partial charge in [0, 0.05) is 55.9 Å². The number of likely N-dealkylation sites (tertiary alicyclic amines) is 2. The molecule has 1 aliphatic carbocycles. The number of aliphatic hydroxyl groups is 1. The second kappa shape index (κ2) is 7.69. The lowest BCUT2D eigenvalue weighted by atomic mass is 9.53. The van der Waals surface area contributed by atoms with Crippen LogP contribution in [0.4, 0.5) is 0 Å². The molecule has 3 atom stereocenters. The predicted octanol–water partition coefficient (Wildman–Crippen LogP) is 2.70. The normalized spacial score (nSPS) is 28.4. The summed E-state index contributed by atoms with van der Waals surface area (Å²) in [5.41, 5.74) is 3.58. The van der Waals surface area contributed by atoms with Crippen molar-refractivity contribution >= 4 is 11.8 Å². The van der Waals surface area contributed by atoms with Gasteiger partial charge in [-0.15, -0.1) is 0 Å². The van der Waals surface area contributed by atoms with Crippen LogP contribution in [0.15, 0.2) is 36.8 Å². The van der Waals surface area contributed by atoms with Crippen molar-refractivity contribution in [3.63, 3.8) is 0 Å². The highest BCUT2D eigenvalue weighted by molar-refractivity contribution is 5.80. The van der Waals surface area contributed by atoms with Crippen LogP contribution < -0.4 is 0 Å². The van der Waals surface area contributed by atoms with Crippen molar-refractivity contribution in [1.29, 1.82) is 0 Å². The van der Waals surface area contributed by atoms with E-state index < -0.39 is 0 Å². The fourth-order valence-electron chi connectivity index (χ4n) is 6.96. The van der Waals surface area contributed by atoms with Crippen LogP contribution in [-0.2, 0) is 9.59 Å². The van der Waals surface area contributed by atoms with Gasteiger partial charge in [0.15, 0.2) is 0 Å². The van der Waals surface area contributed by atoms with Crippen molar-refractivity contribution in [2.45, 2.75) is 51.2 Å². The summed E-state index contributed by atoms with van der Waals surface area (Å²) in [4.78, 5) is 32.9. The molecule has 1 aromatic carbocycles. The van der Waals surface area contributed by atoms with E-state index in [1.165, 1.54) is 11.1 Å². The minimum Gasteiger partial charge on any atom is -0.392 e. The molecule has 0 bridgehead atoms. The van der Waals surface area contributed by atoms with Gasteiger partial charge in [0.2, 0.25) is 11.8 Å². The molecule has 6 rings (SSSR count). The monoisotopic (exact) mass is 448 g/mol. The predicted molar refractivity (Wildman–Crippen MR) is 123 cm³/mol. The van der Waals surface area contributed by atoms with Gasteiger partial charge < -0.3 is 19.5 Å². The lowest BCUT2D eigenvalue weighted by molar-refractivity contribution is -0.166. The Hall–Kier alpha value is -2.67. The lowest BCUT2D eigenvalue weighted by Gasteiger charge is -2.58. The quantitative estimate of drug-likeness (QED) is 0.766. The molecular weight excluding hydrogens is 416 g/mol. The first-order valence-electron chi connectivity index (χ1n) is 12.3. The average molecular weight is 449 g/mol. The number of nitrogens with zero attached hydrogens (tertiary/aromatic N) is 4. The molecule has 7 nitrogen and oxygen atoms in total. The Kier molecular flexibility index (Phi) is 4.87. The van der Waals surface area contributed by atoms with E-state index in [1.54, 1.807) is 6.92 Å². The van der Waals surface area contributed by atoms with Crippen LogP contribution in [0, 0.1) is 17.3 Å². The van der Waals surface area contributed by atoms with Crippen LogP contribution in [0.1, 0.15) is 50.6 Å². The summed E-state index contributed by atoms with van der Waals surface area (Å²) in [7, 11) is 0. The maximum atomic E-state index is 13.1. The van der Waals surface area contributed by atoms with E-state index in [9.17, 15) is 14.7 Å². The molecule has 4 heterocycles. The number of amides is 2. The third kappa shape index (κ3) is 3.15. The first-order valence-corrected chi connectivity index (χ1v) is 12.3. The summed E-state index contributed by atoms with van der Waals surface area (Å²) in [6, 6.07) is 8.62. The number of carbonyl (C=O) groups is 2. The molecule has 1 saturated carbocycles. The number of hydrogen-bond donors (Lipinski definition) is 1. The molecule has 4 aliphatic rings. The van der Waals surface area contributed by atoms with Crippen molar-refractivity contribution in [1.82, 2.24) is 19.4 Å². The van der Waals surface area contributed by atoms with Crippen LogP contribution in [0.2, 0.25) is 0 Å². The van der Waals surface area contributed by atoms with Gasteiger partial charge in [-0.1, -0.05) is 24.3 Å². The second-order valence-electron chi connectivity index (χ2n) is 10.5. The molecule has 2 amide bonds. The first-order chi connectivity index (χ1) is 16.0. The number of carbonyl (C=O) groups excluding carboxylic acids is 2. The summed E-state index contributed by atoms with van der Waals surface area (Å²) >= 11 is 0. The Morgan fingerprint density at radius 1 is 1.06 bits per heavy atom. The van der Waals surface area contributed by atoms with Gasteiger partial charge in [0.05, 0.1) is 30.4 Å². The topological polar surface area (TPSA) is 78.7 Å². The van der Waals surface area contributed by atoms with Crippen molar-refractivity contribution in [2.75, 3.05) is 26.2 Å². The Bertz CT molecular complexity index is 1080. The zero-order valence-electron chi connectivity index (χ0n) is 19.2. The minimum absolute atomic E-state index is 0.0309. The Labute approximate surface area is 194 Å². The number of piperidine rings is 2.